The number of rotatable bonds is 1. The number of hydrogen-bond donors (Lipinski definition) is 1. The van der Waals surface area contributed by atoms with E-state index in [1.807, 2.05) is 12.1 Å². The molecule has 2 atom stereocenters. The maximum Gasteiger partial charge on any atom is 0.122 e. The van der Waals surface area contributed by atoms with Crippen molar-refractivity contribution in [3.63, 3.8) is 0 Å². The number of furan rings is 1. The summed E-state index contributed by atoms with van der Waals surface area (Å²) in [5.74, 6) is 1.06. The minimum absolute atomic E-state index is 0.388. The average molecular weight is 180 g/mol. The first-order valence-electron chi connectivity index (χ1n) is 4.75. The minimum atomic E-state index is 0.388. The lowest BCUT2D eigenvalue weighted by molar-refractivity contribution is 0.124. The van der Waals surface area contributed by atoms with Crippen molar-refractivity contribution in [2.24, 2.45) is 0 Å². The Morgan fingerprint density at radius 2 is 2.38 bits per heavy atom. The Hall–Kier alpha value is -0.800. The van der Waals surface area contributed by atoms with Gasteiger partial charge in [-0.25, -0.2) is 0 Å². The van der Waals surface area contributed by atoms with Crippen LogP contribution in [0, 0.1) is 0 Å². The van der Waals surface area contributed by atoms with Gasteiger partial charge in [0.1, 0.15) is 5.76 Å². The molecular weight excluding hydrogens is 164 g/mol. The highest BCUT2D eigenvalue weighted by Crippen LogP contribution is 2.23. The molecule has 13 heavy (non-hydrogen) atoms. The Balaban J connectivity index is 2.14. The third-order valence-corrected chi connectivity index (χ3v) is 2.84. The van der Waals surface area contributed by atoms with Gasteiger partial charge in [0.25, 0.3) is 0 Å². The third-order valence-electron chi connectivity index (χ3n) is 2.84. The Morgan fingerprint density at radius 1 is 1.54 bits per heavy atom. The summed E-state index contributed by atoms with van der Waals surface area (Å²) in [6.45, 7) is 4.27. The van der Waals surface area contributed by atoms with Gasteiger partial charge in [-0.2, -0.15) is 0 Å². The van der Waals surface area contributed by atoms with Crippen LogP contribution in [0.3, 0.4) is 0 Å². The minimum Gasteiger partial charge on any atom is -0.468 e. The topological polar surface area (TPSA) is 28.4 Å². The van der Waals surface area contributed by atoms with Gasteiger partial charge in [0, 0.05) is 19.1 Å². The van der Waals surface area contributed by atoms with Crippen LogP contribution in [-0.2, 0) is 0 Å². The SMILES string of the molecule is C[C@H]1CNCC(c2ccco2)N1C. The fourth-order valence-corrected chi connectivity index (χ4v) is 1.81. The molecule has 3 heteroatoms. The first kappa shape index (κ1) is 8.78. The zero-order valence-electron chi connectivity index (χ0n) is 8.16. The van der Waals surface area contributed by atoms with Gasteiger partial charge in [0.05, 0.1) is 12.3 Å². The molecule has 0 aliphatic carbocycles. The summed E-state index contributed by atoms with van der Waals surface area (Å²) >= 11 is 0. The van der Waals surface area contributed by atoms with Crippen molar-refractivity contribution in [1.29, 1.82) is 0 Å². The van der Waals surface area contributed by atoms with Crippen LogP contribution in [0.1, 0.15) is 18.7 Å². The van der Waals surface area contributed by atoms with Gasteiger partial charge in [-0.1, -0.05) is 0 Å². The largest absolute Gasteiger partial charge is 0.468 e. The number of hydrogen-bond acceptors (Lipinski definition) is 3. The van der Waals surface area contributed by atoms with E-state index in [1.54, 1.807) is 6.26 Å². The van der Waals surface area contributed by atoms with Crippen LogP contribution in [0.15, 0.2) is 22.8 Å². The molecule has 1 aliphatic rings. The first-order chi connectivity index (χ1) is 6.29. The molecule has 1 fully saturated rings. The van der Waals surface area contributed by atoms with Gasteiger partial charge in [0.2, 0.25) is 0 Å². The van der Waals surface area contributed by atoms with E-state index < -0.39 is 0 Å². The average Bonchev–Trinajstić information content (AvgIpc) is 2.62. The van der Waals surface area contributed by atoms with Crippen molar-refractivity contribution in [2.45, 2.75) is 19.0 Å². The summed E-state index contributed by atoms with van der Waals surface area (Å²) in [6.07, 6.45) is 1.74. The maximum absolute atomic E-state index is 5.41. The van der Waals surface area contributed by atoms with Crippen molar-refractivity contribution in [3.05, 3.63) is 24.2 Å². The normalized spacial score (nSPS) is 30.6. The third kappa shape index (κ3) is 1.62. The summed E-state index contributed by atoms with van der Waals surface area (Å²) < 4.78 is 5.41. The van der Waals surface area contributed by atoms with Gasteiger partial charge < -0.3 is 9.73 Å². The van der Waals surface area contributed by atoms with Crippen LogP contribution in [0.25, 0.3) is 0 Å². The summed E-state index contributed by atoms with van der Waals surface area (Å²) in [5.41, 5.74) is 0. The molecular formula is C10H16N2O. The standard InChI is InChI=1S/C10H16N2O/c1-8-6-11-7-9(12(8)2)10-4-3-5-13-10/h3-5,8-9,11H,6-7H2,1-2H3/t8-,9?/m0/s1. The second-order valence-electron chi connectivity index (χ2n) is 3.70. The molecule has 1 unspecified atom stereocenters. The molecule has 0 aromatic carbocycles. The van der Waals surface area contributed by atoms with E-state index in [1.165, 1.54) is 0 Å². The van der Waals surface area contributed by atoms with Crippen molar-refractivity contribution >= 4 is 0 Å². The lowest BCUT2D eigenvalue weighted by Crippen LogP contribution is -2.49. The molecule has 72 valence electrons. The van der Waals surface area contributed by atoms with Crippen molar-refractivity contribution in [3.8, 4) is 0 Å². The van der Waals surface area contributed by atoms with E-state index in [9.17, 15) is 0 Å². The molecule has 1 saturated heterocycles. The molecule has 0 saturated carbocycles. The van der Waals surface area contributed by atoms with Crippen molar-refractivity contribution in [2.75, 3.05) is 20.1 Å². The zero-order chi connectivity index (χ0) is 9.26. The summed E-state index contributed by atoms with van der Waals surface area (Å²) in [4.78, 5) is 2.36. The van der Waals surface area contributed by atoms with Gasteiger partial charge in [-0.3, -0.25) is 4.90 Å². The quantitative estimate of drug-likeness (QED) is 0.705. The molecule has 2 rings (SSSR count). The van der Waals surface area contributed by atoms with E-state index in [0.717, 1.165) is 18.8 Å². The Bertz CT molecular complexity index is 258. The maximum atomic E-state index is 5.41. The van der Waals surface area contributed by atoms with Gasteiger partial charge in [0.15, 0.2) is 0 Å². The molecule has 0 bridgehead atoms. The second kappa shape index (κ2) is 3.52. The molecule has 1 aliphatic heterocycles. The predicted molar refractivity (Wildman–Crippen MR) is 51.5 cm³/mol. The number of piperazine rings is 1. The molecule has 0 spiro atoms. The highest BCUT2D eigenvalue weighted by Gasteiger charge is 2.26. The van der Waals surface area contributed by atoms with Gasteiger partial charge in [-0.15, -0.1) is 0 Å². The second-order valence-corrected chi connectivity index (χ2v) is 3.70. The number of likely N-dealkylation sites (N-methyl/N-ethyl adjacent to an activating group) is 1. The molecule has 0 radical (unpaired) electrons. The summed E-state index contributed by atoms with van der Waals surface area (Å²) in [5, 5.41) is 3.40. The predicted octanol–water partition coefficient (Wildman–Crippen LogP) is 1.24. The van der Waals surface area contributed by atoms with E-state index in [4.69, 9.17) is 4.42 Å². The summed E-state index contributed by atoms with van der Waals surface area (Å²) in [7, 11) is 2.15. The van der Waals surface area contributed by atoms with Crippen LogP contribution in [0.4, 0.5) is 0 Å². The van der Waals surface area contributed by atoms with E-state index in [0.29, 0.717) is 12.1 Å². The molecule has 3 nitrogen and oxygen atoms in total. The van der Waals surface area contributed by atoms with Crippen LogP contribution >= 0.6 is 0 Å². The van der Waals surface area contributed by atoms with Gasteiger partial charge >= 0.3 is 0 Å². The van der Waals surface area contributed by atoms with Gasteiger partial charge in [-0.05, 0) is 26.1 Å². The fourth-order valence-electron chi connectivity index (χ4n) is 1.81. The highest BCUT2D eigenvalue weighted by atomic mass is 16.3. The van der Waals surface area contributed by atoms with E-state index >= 15 is 0 Å². The summed E-state index contributed by atoms with van der Waals surface area (Å²) in [6, 6.07) is 4.95. The van der Waals surface area contributed by atoms with E-state index in [-0.39, 0.29) is 0 Å². The van der Waals surface area contributed by atoms with Crippen LogP contribution in [0.2, 0.25) is 0 Å². The van der Waals surface area contributed by atoms with Crippen LogP contribution < -0.4 is 5.32 Å². The molecule has 2 heterocycles. The lowest BCUT2D eigenvalue weighted by atomic mass is 10.1. The monoisotopic (exact) mass is 180 g/mol. The van der Waals surface area contributed by atoms with Crippen molar-refractivity contribution in [1.82, 2.24) is 10.2 Å². The van der Waals surface area contributed by atoms with Crippen molar-refractivity contribution < 1.29 is 4.42 Å². The molecule has 1 aromatic heterocycles. The van der Waals surface area contributed by atoms with E-state index in [2.05, 4.69) is 24.2 Å². The Kier molecular flexibility index (Phi) is 2.38. The lowest BCUT2D eigenvalue weighted by Gasteiger charge is -2.37. The Labute approximate surface area is 78.7 Å². The van der Waals surface area contributed by atoms with Crippen LogP contribution in [0.5, 0.6) is 0 Å². The Morgan fingerprint density at radius 3 is 3.08 bits per heavy atom. The highest BCUT2D eigenvalue weighted by molar-refractivity contribution is 5.07. The smallest absolute Gasteiger partial charge is 0.122 e. The molecule has 1 N–H and O–H groups in total. The first-order valence-corrected chi connectivity index (χ1v) is 4.75. The zero-order valence-corrected chi connectivity index (χ0v) is 8.16. The molecule has 1 aromatic rings. The number of nitrogens with one attached hydrogen (secondary N) is 1. The fraction of sp³-hybridized carbons (Fsp3) is 0.600. The number of nitrogens with zero attached hydrogens (tertiary/aromatic N) is 1. The molecule has 0 amide bonds. The van der Waals surface area contributed by atoms with Crippen LogP contribution in [-0.4, -0.2) is 31.1 Å².